The highest BCUT2D eigenvalue weighted by Crippen LogP contribution is 2.18. The molecule has 1 saturated carbocycles. The van der Waals surface area contributed by atoms with Crippen LogP contribution in [0.5, 0.6) is 0 Å². The molecule has 1 aliphatic rings. The molecule has 0 saturated heterocycles. The van der Waals surface area contributed by atoms with Crippen LogP contribution >= 0.6 is 23.1 Å². The van der Waals surface area contributed by atoms with E-state index >= 15 is 0 Å². The standard InChI is InChI=1S/C11H17NS2/c1-2-11(3-1)12-5-7-14-9-10-4-6-13-8-10/h4,6,8,11-12H,1-3,5,7,9H2. The lowest BCUT2D eigenvalue weighted by Gasteiger charge is -2.26. The summed E-state index contributed by atoms with van der Waals surface area (Å²) in [6.07, 6.45) is 4.23. The molecule has 1 fully saturated rings. The third-order valence-electron chi connectivity index (χ3n) is 2.63. The van der Waals surface area contributed by atoms with Gasteiger partial charge in [0.15, 0.2) is 0 Å². The van der Waals surface area contributed by atoms with E-state index in [1.165, 1.54) is 42.9 Å². The Morgan fingerprint density at radius 3 is 3.07 bits per heavy atom. The summed E-state index contributed by atoms with van der Waals surface area (Å²) in [6, 6.07) is 3.06. The SMILES string of the molecule is c1cc(CSCCNC2CCC2)cs1. The van der Waals surface area contributed by atoms with E-state index in [4.69, 9.17) is 0 Å². The van der Waals surface area contributed by atoms with E-state index in [-0.39, 0.29) is 0 Å². The Balaban J connectivity index is 1.47. The van der Waals surface area contributed by atoms with Crippen LogP contribution in [0, 0.1) is 0 Å². The van der Waals surface area contributed by atoms with E-state index in [0.717, 1.165) is 6.04 Å². The molecule has 0 atom stereocenters. The highest BCUT2D eigenvalue weighted by molar-refractivity contribution is 7.98. The average molecular weight is 227 g/mol. The maximum Gasteiger partial charge on any atom is 0.0193 e. The second-order valence-corrected chi connectivity index (χ2v) is 5.65. The minimum Gasteiger partial charge on any atom is -0.313 e. The van der Waals surface area contributed by atoms with Gasteiger partial charge in [-0.3, -0.25) is 0 Å². The smallest absolute Gasteiger partial charge is 0.0193 e. The van der Waals surface area contributed by atoms with Crippen molar-refractivity contribution in [3.05, 3.63) is 22.4 Å². The van der Waals surface area contributed by atoms with Crippen molar-refractivity contribution >= 4 is 23.1 Å². The van der Waals surface area contributed by atoms with Gasteiger partial charge in [0.05, 0.1) is 0 Å². The van der Waals surface area contributed by atoms with Gasteiger partial charge < -0.3 is 5.32 Å². The fourth-order valence-corrected chi connectivity index (χ4v) is 3.11. The van der Waals surface area contributed by atoms with Crippen LogP contribution in [0.25, 0.3) is 0 Å². The molecule has 0 aliphatic heterocycles. The van der Waals surface area contributed by atoms with Crippen LogP contribution in [0.4, 0.5) is 0 Å². The maximum absolute atomic E-state index is 3.58. The Morgan fingerprint density at radius 2 is 2.43 bits per heavy atom. The lowest BCUT2D eigenvalue weighted by Crippen LogP contribution is -2.36. The highest BCUT2D eigenvalue weighted by atomic mass is 32.2. The van der Waals surface area contributed by atoms with Gasteiger partial charge in [-0.25, -0.2) is 0 Å². The van der Waals surface area contributed by atoms with Crippen LogP contribution in [0.2, 0.25) is 0 Å². The van der Waals surface area contributed by atoms with E-state index in [0.29, 0.717) is 0 Å². The van der Waals surface area contributed by atoms with Gasteiger partial charge in [-0.15, -0.1) is 0 Å². The first-order chi connectivity index (χ1) is 6.95. The predicted molar refractivity (Wildman–Crippen MR) is 66.1 cm³/mol. The van der Waals surface area contributed by atoms with Crippen molar-refractivity contribution in [2.45, 2.75) is 31.1 Å². The molecule has 1 aromatic rings. The summed E-state index contributed by atoms with van der Waals surface area (Å²) >= 11 is 3.82. The second-order valence-electron chi connectivity index (χ2n) is 3.77. The minimum absolute atomic E-state index is 0.844. The van der Waals surface area contributed by atoms with E-state index in [1.54, 1.807) is 11.3 Å². The van der Waals surface area contributed by atoms with Gasteiger partial charge in [0.2, 0.25) is 0 Å². The van der Waals surface area contributed by atoms with Crippen LogP contribution in [0.15, 0.2) is 16.8 Å². The van der Waals surface area contributed by atoms with Crippen LogP contribution in [-0.2, 0) is 5.75 Å². The Bertz CT molecular complexity index is 242. The molecule has 1 nitrogen and oxygen atoms in total. The molecule has 1 aliphatic carbocycles. The van der Waals surface area contributed by atoms with E-state index in [9.17, 15) is 0 Å². The Morgan fingerprint density at radius 1 is 1.50 bits per heavy atom. The van der Waals surface area contributed by atoms with Gasteiger partial charge >= 0.3 is 0 Å². The largest absolute Gasteiger partial charge is 0.313 e. The molecule has 78 valence electrons. The van der Waals surface area contributed by atoms with Crippen molar-refractivity contribution in [1.82, 2.24) is 5.32 Å². The third kappa shape index (κ3) is 3.30. The molecule has 14 heavy (non-hydrogen) atoms. The topological polar surface area (TPSA) is 12.0 Å². The molecule has 1 aromatic heterocycles. The van der Waals surface area contributed by atoms with Crippen LogP contribution in [0.3, 0.4) is 0 Å². The lowest BCUT2D eigenvalue weighted by atomic mass is 9.93. The van der Waals surface area contributed by atoms with Gasteiger partial charge in [0.1, 0.15) is 0 Å². The molecule has 0 amide bonds. The summed E-state index contributed by atoms with van der Waals surface area (Å²) in [5.41, 5.74) is 1.48. The molecule has 0 radical (unpaired) electrons. The van der Waals surface area contributed by atoms with Gasteiger partial charge in [-0.2, -0.15) is 23.1 Å². The summed E-state index contributed by atoms with van der Waals surface area (Å²) in [4.78, 5) is 0. The van der Waals surface area contributed by atoms with Gasteiger partial charge in [0, 0.05) is 24.1 Å². The summed E-state index contributed by atoms with van der Waals surface area (Å²) in [5, 5.41) is 7.98. The number of nitrogens with one attached hydrogen (secondary N) is 1. The summed E-state index contributed by atoms with van der Waals surface area (Å²) in [6.45, 7) is 1.18. The van der Waals surface area contributed by atoms with Gasteiger partial charge in [-0.1, -0.05) is 6.42 Å². The van der Waals surface area contributed by atoms with Crippen molar-refractivity contribution < 1.29 is 0 Å². The van der Waals surface area contributed by atoms with Crippen LogP contribution < -0.4 is 5.32 Å². The Kier molecular flexibility index (Phi) is 4.35. The number of hydrogen-bond acceptors (Lipinski definition) is 3. The Hall–Kier alpha value is 0.01000. The molecule has 0 spiro atoms. The zero-order valence-electron chi connectivity index (χ0n) is 8.37. The van der Waals surface area contributed by atoms with Crippen LogP contribution in [-0.4, -0.2) is 18.3 Å². The molecule has 1 heterocycles. The second kappa shape index (κ2) is 5.79. The maximum atomic E-state index is 3.58. The van der Waals surface area contributed by atoms with E-state index in [2.05, 4.69) is 22.1 Å². The fraction of sp³-hybridized carbons (Fsp3) is 0.636. The quantitative estimate of drug-likeness (QED) is 0.749. The predicted octanol–water partition coefficient (Wildman–Crippen LogP) is 3.12. The normalized spacial score (nSPS) is 16.9. The van der Waals surface area contributed by atoms with Crippen molar-refractivity contribution in [3.8, 4) is 0 Å². The average Bonchev–Trinajstić information content (AvgIpc) is 2.60. The van der Waals surface area contributed by atoms with Gasteiger partial charge in [-0.05, 0) is 35.2 Å². The monoisotopic (exact) mass is 227 g/mol. The highest BCUT2D eigenvalue weighted by Gasteiger charge is 2.15. The van der Waals surface area contributed by atoms with Crippen molar-refractivity contribution in [2.24, 2.45) is 0 Å². The first-order valence-corrected chi connectivity index (χ1v) is 7.37. The first-order valence-electron chi connectivity index (χ1n) is 5.27. The summed E-state index contributed by atoms with van der Waals surface area (Å²) in [5.74, 6) is 2.42. The molecular weight excluding hydrogens is 210 g/mol. The zero-order valence-corrected chi connectivity index (χ0v) is 10.0. The minimum atomic E-state index is 0.844. The van der Waals surface area contributed by atoms with E-state index in [1.807, 2.05) is 11.8 Å². The summed E-state index contributed by atoms with van der Waals surface area (Å²) in [7, 11) is 0. The van der Waals surface area contributed by atoms with Crippen molar-refractivity contribution in [2.75, 3.05) is 12.3 Å². The molecular formula is C11H17NS2. The Labute approximate surface area is 94.3 Å². The fourth-order valence-electron chi connectivity index (χ4n) is 1.51. The van der Waals surface area contributed by atoms with Crippen molar-refractivity contribution in [3.63, 3.8) is 0 Å². The van der Waals surface area contributed by atoms with E-state index < -0.39 is 0 Å². The molecule has 0 unspecified atom stereocenters. The number of rotatable bonds is 6. The van der Waals surface area contributed by atoms with Crippen molar-refractivity contribution in [1.29, 1.82) is 0 Å². The van der Waals surface area contributed by atoms with Crippen LogP contribution in [0.1, 0.15) is 24.8 Å². The molecule has 0 aromatic carbocycles. The number of thiophene rings is 1. The molecule has 3 heteroatoms. The van der Waals surface area contributed by atoms with Gasteiger partial charge in [0.25, 0.3) is 0 Å². The first kappa shape index (κ1) is 10.5. The summed E-state index contributed by atoms with van der Waals surface area (Å²) < 4.78 is 0. The zero-order chi connectivity index (χ0) is 9.64. The number of thioether (sulfide) groups is 1. The lowest BCUT2D eigenvalue weighted by molar-refractivity contribution is 0.347. The molecule has 1 N–H and O–H groups in total. The number of hydrogen-bond donors (Lipinski definition) is 1. The molecule has 2 rings (SSSR count). The molecule has 0 bridgehead atoms. The third-order valence-corrected chi connectivity index (χ3v) is 4.40.